The van der Waals surface area contributed by atoms with E-state index >= 15 is 0 Å². The van der Waals surface area contributed by atoms with Gasteiger partial charge in [0.2, 0.25) is 0 Å². The van der Waals surface area contributed by atoms with Crippen molar-refractivity contribution in [2.75, 3.05) is 33.2 Å². The molecule has 1 saturated heterocycles. The van der Waals surface area contributed by atoms with Crippen LogP contribution in [0.2, 0.25) is 0 Å². The molecule has 1 spiro atoms. The van der Waals surface area contributed by atoms with E-state index in [2.05, 4.69) is 24.2 Å². The average Bonchev–Trinajstić information content (AvgIpc) is 2.35. The Kier molecular flexibility index (Phi) is 9.00. The van der Waals surface area contributed by atoms with Crippen LogP contribution < -0.4 is 5.32 Å². The zero-order valence-electron chi connectivity index (χ0n) is 13.0. The van der Waals surface area contributed by atoms with E-state index in [9.17, 15) is 5.11 Å². The largest absolute Gasteiger partial charge is 0.389 e. The van der Waals surface area contributed by atoms with Gasteiger partial charge in [-0.15, -0.1) is 24.8 Å². The zero-order chi connectivity index (χ0) is 13.1. The number of aliphatic hydroxyl groups is 1. The van der Waals surface area contributed by atoms with Gasteiger partial charge in [0.05, 0.1) is 5.60 Å². The quantitative estimate of drug-likeness (QED) is 0.833. The summed E-state index contributed by atoms with van der Waals surface area (Å²) in [6.45, 7) is 6.50. The lowest BCUT2D eigenvalue weighted by molar-refractivity contribution is -0.0586. The Morgan fingerprint density at radius 1 is 1.00 bits per heavy atom. The van der Waals surface area contributed by atoms with Crippen molar-refractivity contribution in [1.82, 2.24) is 10.2 Å². The molecule has 0 aromatic heterocycles. The Morgan fingerprint density at radius 2 is 1.55 bits per heavy atom. The SMILES string of the molecule is CCCN(C)CC1(O)CCC2(CCNCC2)CC1.Cl.Cl. The molecule has 0 amide bonds. The molecule has 2 fully saturated rings. The zero-order valence-corrected chi connectivity index (χ0v) is 14.6. The third kappa shape index (κ3) is 5.34. The van der Waals surface area contributed by atoms with E-state index in [1.807, 2.05) is 0 Å². The first-order valence-corrected chi connectivity index (χ1v) is 7.69. The highest BCUT2D eigenvalue weighted by Crippen LogP contribution is 2.46. The number of hydrogen-bond acceptors (Lipinski definition) is 3. The first kappa shape index (κ1) is 20.5. The van der Waals surface area contributed by atoms with Crippen molar-refractivity contribution in [3.63, 3.8) is 0 Å². The summed E-state index contributed by atoms with van der Waals surface area (Å²) in [5, 5.41) is 14.2. The molecule has 1 aliphatic carbocycles. The highest BCUT2D eigenvalue weighted by atomic mass is 35.5. The number of nitrogens with zero attached hydrogens (tertiary/aromatic N) is 1. The molecule has 0 radical (unpaired) electrons. The Balaban J connectivity index is 0.00000180. The van der Waals surface area contributed by atoms with Gasteiger partial charge in [-0.25, -0.2) is 0 Å². The summed E-state index contributed by atoms with van der Waals surface area (Å²) in [4.78, 5) is 2.29. The fourth-order valence-electron chi connectivity index (χ4n) is 3.82. The summed E-state index contributed by atoms with van der Waals surface area (Å²) >= 11 is 0. The summed E-state index contributed by atoms with van der Waals surface area (Å²) in [7, 11) is 2.14. The number of piperidine rings is 1. The summed E-state index contributed by atoms with van der Waals surface area (Å²) in [6.07, 6.45) is 8.25. The lowest BCUT2D eigenvalue weighted by atomic mass is 9.64. The van der Waals surface area contributed by atoms with Crippen molar-refractivity contribution in [3.05, 3.63) is 0 Å². The predicted octanol–water partition coefficient (Wildman–Crippen LogP) is 2.85. The van der Waals surface area contributed by atoms with Gasteiger partial charge >= 0.3 is 0 Å². The standard InChI is InChI=1S/C15H30N2O.2ClH/c1-3-12-17(2)13-15(18)6-4-14(5-7-15)8-10-16-11-9-14;;/h16,18H,3-13H2,1-2H3;2*1H. The fraction of sp³-hybridized carbons (Fsp3) is 1.00. The van der Waals surface area contributed by atoms with Crippen molar-refractivity contribution in [2.24, 2.45) is 5.41 Å². The normalized spacial score (nSPS) is 24.0. The maximum absolute atomic E-state index is 10.7. The molecular weight excluding hydrogens is 295 g/mol. The maximum Gasteiger partial charge on any atom is 0.0774 e. The minimum absolute atomic E-state index is 0. The lowest BCUT2D eigenvalue weighted by Crippen LogP contribution is -2.49. The van der Waals surface area contributed by atoms with Crippen LogP contribution in [0.15, 0.2) is 0 Å². The smallest absolute Gasteiger partial charge is 0.0774 e. The average molecular weight is 327 g/mol. The maximum atomic E-state index is 10.7. The molecule has 1 aliphatic heterocycles. The van der Waals surface area contributed by atoms with E-state index in [1.54, 1.807) is 0 Å². The van der Waals surface area contributed by atoms with Gasteiger partial charge in [0.15, 0.2) is 0 Å². The number of halogens is 2. The predicted molar refractivity (Wildman–Crippen MR) is 90.2 cm³/mol. The monoisotopic (exact) mass is 326 g/mol. The van der Waals surface area contributed by atoms with Gasteiger partial charge in [0.25, 0.3) is 0 Å². The second kappa shape index (κ2) is 8.79. The van der Waals surface area contributed by atoms with E-state index in [0.717, 1.165) is 25.9 Å². The van der Waals surface area contributed by atoms with E-state index in [0.29, 0.717) is 5.41 Å². The van der Waals surface area contributed by atoms with Crippen molar-refractivity contribution in [3.8, 4) is 0 Å². The minimum Gasteiger partial charge on any atom is -0.389 e. The molecule has 3 nitrogen and oxygen atoms in total. The fourth-order valence-corrected chi connectivity index (χ4v) is 3.82. The van der Waals surface area contributed by atoms with Crippen molar-refractivity contribution >= 4 is 24.8 Å². The topological polar surface area (TPSA) is 35.5 Å². The van der Waals surface area contributed by atoms with Gasteiger partial charge in [-0.1, -0.05) is 6.92 Å². The van der Waals surface area contributed by atoms with Gasteiger partial charge in [-0.2, -0.15) is 0 Å². The van der Waals surface area contributed by atoms with Crippen LogP contribution in [0.4, 0.5) is 0 Å². The van der Waals surface area contributed by atoms with Gasteiger partial charge in [-0.3, -0.25) is 0 Å². The van der Waals surface area contributed by atoms with E-state index in [-0.39, 0.29) is 24.8 Å². The molecule has 2 aliphatic rings. The molecule has 122 valence electrons. The highest BCUT2D eigenvalue weighted by molar-refractivity contribution is 5.85. The van der Waals surface area contributed by atoms with Crippen molar-refractivity contribution in [2.45, 2.75) is 57.5 Å². The molecule has 5 heteroatoms. The molecule has 0 bridgehead atoms. The Morgan fingerprint density at radius 3 is 2.05 bits per heavy atom. The minimum atomic E-state index is -0.417. The summed E-state index contributed by atoms with van der Waals surface area (Å²) in [5.74, 6) is 0. The molecule has 20 heavy (non-hydrogen) atoms. The Labute approximate surface area is 136 Å². The summed E-state index contributed by atoms with van der Waals surface area (Å²) < 4.78 is 0. The lowest BCUT2D eigenvalue weighted by Gasteiger charge is -2.47. The molecule has 0 unspecified atom stereocenters. The highest BCUT2D eigenvalue weighted by Gasteiger charge is 2.42. The summed E-state index contributed by atoms with van der Waals surface area (Å²) in [5.41, 5.74) is 0.140. The van der Waals surface area contributed by atoms with Crippen LogP contribution in [0, 0.1) is 5.41 Å². The van der Waals surface area contributed by atoms with Crippen LogP contribution in [0.25, 0.3) is 0 Å². The second-order valence-electron chi connectivity index (χ2n) is 6.71. The molecule has 0 aromatic carbocycles. The second-order valence-corrected chi connectivity index (χ2v) is 6.71. The first-order valence-electron chi connectivity index (χ1n) is 7.69. The molecule has 1 heterocycles. The summed E-state index contributed by atoms with van der Waals surface area (Å²) in [6, 6.07) is 0. The van der Waals surface area contributed by atoms with Crippen LogP contribution >= 0.6 is 24.8 Å². The van der Waals surface area contributed by atoms with Crippen LogP contribution in [0.5, 0.6) is 0 Å². The van der Waals surface area contributed by atoms with Gasteiger partial charge in [0.1, 0.15) is 0 Å². The van der Waals surface area contributed by atoms with E-state index in [4.69, 9.17) is 0 Å². The molecule has 1 saturated carbocycles. The molecule has 2 rings (SSSR count). The number of hydrogen-bond donors (Lipinski definition) is 2. The number of rotatable bonds is 4. The third-order valence-electron chi connectivity index (χ3n) is 5.08. The van der Waals surface area contributed by atoms with Gasteiger partial charge in [0, 0.05) is 6.54 Å². The van der Waals surface area contributed by atoms with Crippen LogP contribution in [0.3, 0.4) is 0 Å². The number of likely N-dealkylation sites (N-methyl/N-ethyl adjacent to an activating group) is 1. The molecular formula is C15H32Cl2N2O. The van der Waals surface area contributed by atoms with Crippen LogP contribution in [-0.4, -0.2) is 48.8 Å². The Bertz CT molecular complexity index is 261. The third-order valence-corrected chi connectivity index (χ3v) is 5.08. The first-order chi connectivity index (χ1) is 8.58. The Hall–Kier alpha value is 0.460. The van der Waals surface area contributed by atoms with E-state index in [1.165, 1.54) is 45.2 Å². The van der Waals surface area contributed by atoms with E-state index < -0.39 is 5.60 Å². The van der Waals surface area contributed by atoms with Crippen LogP contribution in [-0.2, 0) is 0 Å². The molecule has 0 atom stereocenters. The van der Waals surface area contributed by atoms with Crippen LogP contribution in [0.1, 0.15) is 51.9 Å². The molecule has 2 N–H and O–H groups in total. The molecule has 0 aromatic rings. The van der Waals surface area contributed by atoms with Crippen molar-refractivity contribution in [1.29, 1.82) is 0 Å². The van der Waals surface area contributed by atoms with Gasteiger partial charge in [-0.05, 0) is 77.0 Å². The van der Waals surface area contributed by atoms with Gasteiger partial charge < -0.3 is 15.3 Å². The number of nitrogens with one attached hydrogen (secondary N) is 1. The van der Waals surface area contributed by atoms with Crippen molar-refractivity contribution < 1.29 is 5.11 Å².